The van der Waals surface area contributed by atoms with Crippen molar-refractivity contribution >= 4 is 0 Å². The topological polar surface area (TPSA) is 67.9 Å². The fourth-order valence-electron chi connectivity index (χ4n) is 3.69. The minimum atomic E-state index is -0.311. The number of imidazole rings is 2. The van der Waals surface area contributed by atoms with Gasteiger partial charge in [0.15, 0.2) is 0 Å². The normalized spacial score (nSPS) is 23.2. The zero-order chi connectivity index (χ0) is 17.1. The molecule has 0 saturated heterocycles. The number of aromatic nitrogens is 4. The van der Waals surface area contributed by atoms with Crippen LogP contribution in [0.25, 0.3) is 5.69 Å². The predicted octanol–water partition coefficient (Wildman–Crippen LogP) is 2.00. The molecule has 3 aromatic rings. The molecule has 0 amide bonds. The zero-order valence-corrected chi connectivity index (χ0v) is 14.1. The first kappa shape index (κ1) is 16.1. The molecule has 3 atom stereocenters. The fraction of sp³-hybridized carbons (Fsp3) is 0.368. The Balaban J connectivity index is 1.37. The summed E-state index contributed by atoms with van der Waals surface area (Å²) in [4.78, 5) is 8.55. The van der Waals surface area contributed by atoms with Gasteiger partial charge in [0.1, 0.15) is 5.82 Å². The Morgan fingerprint density at radius 3 is 2.80 bits per heavy atom. The molecule has 1 fully saturated rings. The SMILES string of the molecule is O[C@@H]1CC(Cn2ccnc2)C[C@H]1NCc1nccn1-c1ccccc1. The Labute approximate surface area is 147 Å². The van der Waals surface area contributed by atoms with Crippen molar-refractivity contribution in [3.8, 4) is 5.69 Å². The number of aliphatic hydroxyl groups is 1. The summed E-state index contributed by atoms with van der Waals surface area (Å²) >= 11 is 0. The Morgan fingerprint density at radius 2 is 2.00 bits per heavy atom. The first-order valence-electron chi connectivity index (χ1n) is 8.74. The number of aliphatic hydroxyl groups excluding tert-OH is 1. The molecule has 2 aromatic heterocycles. The molecule has 25 heavy (non-hydrogen) atoms. The summed E-state index contributed by atoms with van der Waals surface area (Å²) < 4.78 is 4.17. The van der Waals surface area contributed by atoms with Crippen molar-refractivity contribution in [1.82, 2.24) is 24.4 Å². The van der Waals surface area contributed by atoms with Crippen LogP contribution in [0, 0.1) is 5.92 Å². The van der Waals surface area contributed by atoms with Gasteiger partial charge < -0.3 is 19.6 Å². The van der Waals surface area contributed by atoms with Crippen LogP contribution >= 0.6 is 0 Å². The van der Waals surface area contributed by atoms with E-state index in [1.54, 1.807) is 6.20 Å². The van der Waals surface area contributed by atoms with Crippen molar-refractivity contribution in [3.05, 3.63) is 67.3 Å². The second kappa shape index (κ2) is 7.21. The van der Waals surface area contributed by atoms with Crippen LogP contribution in [-0.2, 0) is 13.1 Å². The third kappa shape index (κ3) is 3.65. The van der Waals surface area contributed by atoms with Crippen LogP contribution < -0.4 is 5.32 Å². The molecule has 1 aliphatic carbocycles. The molecule has 1 saturated carbocycles. The molecule has 4 rings (SSSR count). The lowest BCUT2D eigenvalue weighted by atomic mass is 10.1. The van der Waals surface area contributed by atoms with E-state index >= 15 is 0 Å². The molecular formula is C19H23N5O. The van der Waals surface area contributed by atoms with E-state index in [-0.39, 0.29) is 12.1 Å². The maximum atomic E-state index is 10.4. The third-order valence-electron chi connectivity index (χ3n) is 4.93. The monoisotopic (exact) mass is 337 g/mol. The summed E-state index contributed by atoms with van der Waals surface area (Å²) in [5, 5.41) is 13.9. The van der Waals surface area contributed by atoms with Crippen LogP contribution in [0.1, 0.15) is 18.7 Å². The average molecular weight is 337 g/mol. The number of rotatable bonds is 6. The summed E-state index contributed by atoms with van der Waals surface area (Å²) in [7, 11) is 0. The molecule has 1 aromatic carbocycles. The highest BCUT2D eigenvalue weighted by Gasteiger charge is 2.32. The van der Waals surface area contributed by atoms with Crippen molar-refractivity contribution < 1.29 is 5.11 Å². The van der Waals surface area contributed by atoms with Crippen LogP contribution in [0.5, 0.6) is 0 Å². The zero-order valence-electron chi connectivity index (χ0n) is 14.1. The minimum Gasteiger partial charge on any atom is -0.391 e. The molecule has 6 nitrogen and oxygen atoms in total. The molecule has 0 bridgehead atoms. The second-order valence-electron chi connectivity index (χ2n) is 6.70. The van der Waals surface area contributed by atoms with Gasteiger partial charge in [-0.3, -0.25) is 0 Å². The smallest absolute Gasteiger partial charge is 0.127 e. The van der Waals surface area contributed by atoms with Gasteiger partial charge in [-0.2, -0.15) is 0 Å². The van der Waals surface area contributed by atoms with Gasteiger partial charge in [-0.25, -0.2) is 9.97 Å². The Hall–Kier alpha value is -2.44. The number of hydrogen-bond acceptors (Lipinski definition) is 4. The molecule has 0 radical (unpaired) electrons. The quantitative estimate of drug-likeness (QED) is 0.722. The van der Waals surface area contributed by atoms with Crippen molar-refractivity contribution in [2.45, 2.75) is 38.1 Å². The number of benzene rings is 1. The van der Waals surface area contributed by atoms with Gasteiger partial charge in [-0.05, 0) is 30.9 Å². The predicted molar refractivity (Wildman–Crippen MR) is 95.1 cm³/mol. The largest absolute Gasteiger partial charge is 0.391 e. The van der Waals surface area contributed by atoms with Gasteiger partial charge in [-0.15, -0.1) is 0 Å². The van der Waals surface area contributed by atoms with E-state index in [1.807, 2.05) is 43.1 Å². The lowest BCUT2D eigenvalue weighted by molar-refractivity contribution is 0.145. The molecule has 6 heteroatoms. The van der Waals surface area contributed by atoms with E-state index in [9.17, 15) is 5.11 Å². The molecule has 0 spiro atoms. The molecule has 2 N–H and O–H groups in total. The lowest BCUT2D eigenvalue weighted by Gasteiger charge is -2.17. The maximum Gasteiger partial charge on any atom is 0.127 e. The average Bonchev–Trinajstić information content (AvgIpc) is 3.36. The van der Waals surface area contributed by atoms with Crippen molar-refractivity contribution in [2.75, 3.05) is 0 Å². The molecule has 1 aliphatic rings. The van der Waals surface area contributed by atoms with Crippen LogP contribution in [0.3, 0.4) is 0 Å². The van der Waals surface area contributed by atoms with Gasteiger partial charge in [0.25, 0.3) is 0 Å². The second-order valence-corrected chi connectivity index (χ2v) is 6.70. The number of nitrogens with one attached hydrogen (secondary N) is 1. The van der Waals surface area contributed by atoms with Gasteiger partial charge in [0, 0.05) is 43.1 Å². The summed E-state index contributed by atoms with van der Waals surface area (Å²) in [6.07, 6.45) is 10.9. The summed E-state index contributed by atoms with van der Waals surface area (Å²) in [6, 6.07) is 10.3. The highest BCUT2D eigenvalue weighted by atomic mass is 16.3. The summed E-state index contributed by atoms with van der Waals surface area (Å²) in [6.45, 7) is 1.55. The van der Waals surface area contributed by atoms with E-state index in [0.717, 1.165) is 30.9 Å². The van der Waals surface area contributed by atoms with Gasteiger partial charge in [0.2, 0.25) is 0 Å². The highest BCUT2D eigenvalue weighted by Crippen LogP contribution is 2.27. The van der Waals surface area contributed by atoms with E-state index in [2.05, 4.69) is 36.6 Å². The van der Waals surface area contributed by atoms with E-state index in [4.69, 9.17) is 0 Å². The number of nitrogens with zero attached hydrogens (tertiary/aromatic N) is 4. The van der Waals surface area contributed by atoms with Crippen LogP contribution in [0.15, 0.2) is 61.4 Å². The van der Waals surface area contributed by atoms with Gasteiger partial charge >= 0.3 is 0 Å². The molecule has 0 aliphatic heterocycles. The van der Waals surface area contributed by atoms with Crippen LogP contribution in [0.2, 0.25) is 0 Å². The molecule has 1 unspecified atom stereocenters. The Morgan fingerprint density at radius 1 is 1.12 bits per heavy atom. The highest BCUT2D eigenvalue weighted by molar-refractivity contribution is 5.32. The third-order valence-corrected chi connectivity index (χ3v) is 4.93. The summed E-state index contributed by atoms with van der Waals surface area (Å²) in [5.41, 5.74) is 1.10. The van der Waals surface area contributed by atoms with Gasteiger partial charge in [-0.1, -0.05) is 18.2 Å². The number of para-hydroxylation sites is 1. The van der Waals surface area contributed by atoms with E-state index < -0.39 is 0 Å². The Kier molecular flexibility index (Phi) is 4.63. The van der Waals surface area contributed by atoms with Crippen LogP contribution in [-0.4, -0.2) is 36.4 Å². The Bertz CT molecular complexity index is 783. The lowest BCUT2D eigenvalue weighted by Crippen LogP contribution is -2.35. The van der Waals surface area contributed by atoms with Crippen molar-refractivity contribution in [1.29, 1.82) is 0 Å². The minimum absolute atomic E-state index is 0.106. The number of hydrogen-bond donors (Lipinski definition) is 2. The van der Waals surface area contributed by atoms with Gasteiger partial charge in [0.05, 0.1) is 19.0 Å². The maximum absolute atomic E-state index is 10.4. The fourth-order valence-corrected chi connectivity index (χ4v) is 3.69. The standard InChI is InChI=1S/C19H23N5O/c25-18-11-15(13-23-8-6-20-14-23)10-17(18)22-12-19-21-7-9-24(19)16-4-2-1-3-5-16/h1-9,14-15,17-18,22,25H,10-13H2/t15?,17-,18-/m1/s1. The van der Waals surface area contributed by atoms with Crippen LogP contribution in [0.4, 0.5) is 0 Å². The first-order valence-corrected chi connectivity index (χ1v) is 8.74. The summed E-state index contributed by atoms with van der Waals surface area (Å²) in [5.74, 6) is 1.42. The first-order chi connectivity index (χ1) is 12.3. The molecule has 130 valence electrons. The van der Waals surface area contributed by atoms with E-state index in [0.29, 0.717) is 12.5 Å². The van der Waals surface area contributed by atoms with Crippen molar-refractivity contribution in [2.24, 2.45) is 5.92 Å². The van der Waals surface area contributed by atoms with E-state index in [1.165, 1.54) is 0 Å². The van der Waals surface area contributed by atoms with Crippen molar-refractivity contribution in [3.63, 3.8) is 0 Å². The molecule has 2 heterocycles. The molecular weight excluding hydrogens is 314 g/mol.